The second-order valence-corrected chi connectivity index (χ2v) is 2.30. The summed E-state index contributed by atoms with van der Waals surface area (Å²) in [5, 5.41) is 9.15. The Kier molecular flexibility index (Phi) is 4.98. The maximum absolute atomic E-state index is 9.15. The molecule has 60 valence electrons. The van der Waals surface area contributed by atoms with Gasteiger partial charge in [0.05, 0.1) is 6.10 Å². The maximum atomic E-state index is 9.15. The lowest BCUT2D eigenvalue weighted by atomic mass is 10.1. The van der Waals surface area contributed by atoms with E-state index in [1.54, 1.807) is 6.08 Å². The summed E-state index contributed by atoms with van der Waals surface area (Å²) in [5.41, 5.74) is 11.4. The van der Waals surface area contributed by atoms with Gasteiger partial charge in [0.25, 0.3) is 0 Å². The molecule has 0 aliphatic heterocycles. The SMILES string of the molecule is C/C=C(\N)CC(O)CCN. The smallest absolute Gasteiger partial charge is 0.0606 e. The van der Waals surface area contributed by atoms with Crippen LogP contribution in [0.15, 0.2) is 11.8 Å². The summed E-state index contributed by atoms with van der Waals surface area (Å²) in [4.78, 5) is 0. The maximum Gasteiger partial charge on any atom is 0.0606 e. The van der Waals surface area contributed by atoms with Crippen LogP contribution in [0, 0.1) is 0 Å². The molecule has 3 heteroatoms. The minimum Gasteiger partial charge on any atom is -0.402 e. The van der Waals surface area contributed by atoms with Gasteiger partial charge in [-0.2, -0.15) is 0 Å². The van der Waals surface area contributed by atoms with Gasteiger partial charge in [-0.05, 0) is 19.9 Å². The first-order valence-electron chi connectivity index (χ1n) is 3.49. The van der Waals surface area contributed by atoms with Crippen LogP contribution < -0.4 is 11.5 Å². The predicted octanol–water partition coefficient (Wildman–Crippen LogP) is -0.0513. The van der Waals surface area contributed by atoms with Gasteiger partial charge in [0.15, 0.2) is 0 Å². The predicted molar refractivity (Wildman–Crippen MR) is 42.2 cm³/mol. The van der Waals surface area contributed by atoms with Gasteiger partial charge in [-0.1, -0.05) is 6.08 Å². The van der Waals surface area contributed by atoms with Gasteiger partial charge >= 0.3 is 0 Å². The minimum atomic E-state index is -0.374. The van der Waals surface area contributed by atoms with Gasteiger partial charge in [0.1, 0.15) is 0 Å². The first-order valence-corrected chi connectivity index (χ1v) is 3.49. The van der Waals surface area contributed by atoms with Crippen molar-refractivity contribution < 1.29 is 5.11 Å². The number of nitrogens with two attached hydrogens (primary N) is 2. The van der Waals surface area contributed by atoms with Crippen molar-refractivity contribution in [2.75, 3.05) is 6.54 Å². The van der Waals surface area contributed by atoms with E-state index in [-0.39, 0.29) is 6.10 Å². The summed E-state index contributed by atoms with van der Waals surface area (Å²) in [6.07, 6.45) is 2.57. The van der Waals surface area contributed by atoms with Gasteiger partial charge in [-0.15, -0.1) is 0 Å². The highest BCUT2D eigenvalue weighted by molar-refractivity contribution is 4.95. The van der Waals surface area contributed by atoms with Gasteiger partial charge in [0.2, 0.25) is 0 Å². The highest BCUT2D eigenvalue weighted by Gasteiger charge is 2.02. The van der Waals surface area contributed by atoms with Crippen LogP contribution in [0.5, 0.6) is 0 Å². The second-order valence-electron chi connectivity index (χ2n) is 2.30. The minimum absolute atomic E-state index is 0.374. The van der Waals surface area contributed by atoms with Crippen LogP contribution in [0.3, 0.4) is 0 Å². The van der Waals surface area contributed by atoms with Gasteiger partial charge in [-0.25, -0.2) is 0 Å². The third kappa shape index (κ3) is 4.35. The quantitative estimate of drug-likeness (QED) is 0.518. The van der Waals surface area contributed by atoms with Gasteiger partial charge in [-0.3, -0.25) is 0 Å². The monoisotopic (exact) mass is 144 g/mol. The van der Waals surface area contributed by atoms with Crippen molar-refractivity contribution in [2.24, 2.45) is 11.5 Å². The van der Waals surface area contributed by atoms with E-state index >= 15 is 0 Å². The molecular formula is C7H16N2O. The van der Waals surface area contributed by atoms with Crippen molar-refractivity contribution in [1.29, 1.82) is 0 Å². The topological polar surface area (TPSA) is 72.3 Å². The lowest BCUT2D eigenvalue weighted by Gasteiger charge is -2.07. The number of hydrogen-bond donors (Lipinski definition) is 3. The summed E-state index contributed by atoms with van der Waals surface area (Å²) in [5.74, 6) is 0. The Hall–Kier alpha value is -0.540. The Balaban J connectivity index is 3.47. The molecule has 1 unspecified atom stereocenters. The van der Waals surface area contributed by atoms with E-state index in [4.69, 9.17) is 16.6 Å². The van der Waals surface area contributed by atoms with Crippen molar-refractivity contribution in [3.63, 3.8) is 0 Å². The van der Waals surface area contributed by atoms with Crippen LogP contribution in [0.1, 0.15) is 19.8 Å². The molecule has 0 saturated carbocycles. The lowest BCUT2D eigenvalue weighted by molar-refractivity contribution is 0.167. The molecule has 0 radical (unpaired) electrons. The van der Waals surface area contributed by atoms with Crippen molar-refractivity contribution in [1.82, 2.24) is 0 Å². The molecule has 0 aromatic heterocycles. The molecule has 0 fully saturated rings. The molecule has 10 heavy (non-hydrogen) atoms. The van der Waals surface area contributed by atoms with Crippen molar-refractivity contribution >= 4 is 0 Å². The van der Waals surface area contributed by atoms with Crippen molar-refractivity contribution in [2.45, 2.75) is 25.9 Å². The molecule has 0 aromatic rings. The van der Waals surface area contributed by atoms with Gasteiger partial charge < -0.3 is 16.6 Å². The highest BCUT2D eigenvalue weighted by atomic mass is 16.3. The summed E-state index contributed by atoms with van der Waals surface area (Å²) in [6, 6.07) is 0. The molecule has 0 aliphatic rings. The molecule has 0 aromatic carbocycles. The Bertz CT molecular complexity index is 112. The zero-order valence-electron chi connectivity index (χ0n) is 6.38. The fourth-order valence-electron chi connectivity index (χ4n) is 0.684. The summed E-state index contributed by atoms with van der Waals surface area (Å²) < 4.78 is 0. The molecular weight excluding hydrogens is 128 g/mol. The van der Waals surface area contributed by atoms with Gasteiger partial charge in [0, 0.05) is 12.1 Å². The fourth-order valence-corrected chi connectivity index (χ4v) is 0.684. The van der Waals surface area contributed by atoms with Crippen LogP contribution in [-0.2, 0) is 0 Å². The van der Waals surface area contributed by atoms with Crippen LogP contribution in [0.2, 0.25) is 0 Å². The largest absolute Gasteiger partial charge is 0.402 e. The summed E-state index contributed by atoms with van der Waals surface area (Å²) >= 11 is 0. The lowest BCUT2D eigenvalue weighted by Crippen LogP contribution is -2.16. The molecule has 1 atom stereocenters. The van der Waals surface area contributed by atoms with Crippen LogP contribution in [0.25, 0.3) is 0 Å². The third-order valence-corrected chi connectivity index (χ3v) is 1.34. The average Bonchev–Trinajstić information content (AvgIpc) is 1.88. The molecule has 0 amide bonds. The van der Waals surface area contributed by atoms with Crippen LogP contribution in [0.4, 0.5) is 0 Å². The van der Waals surface area contributed by atoms with E-state index in [0.29, 0.717) is 19.4 Å². The van der Waals surface area contributed by atoms with E-state index in [2.05, 4.69) is 0 Å². The zero-order valence-corrected chi connectivity index (χ0v) is 6.38. The number of hydrogen-bond acceptors (Lipinski definition) is 3. The fraction of sp³-hybridized carbons (Fsp3) is 0.714. The van der Waals surface area contributed by atoms with Crippen LogP contribution in [-0.4, -0.2) is 17.8 Å². The summed E-state index contributed by atoms with van der Waals surface area (Å²) in [6.45, 7) is 2.36. The molecule has 0 aliphatic carbocycles. The number of rotatable bonds is 4. The Morgan fingerprint density at radius 2 is 2.30 bits per heavy atom. The second kappa shape index (κ2) is 5.26. The molecule has 0 rings (SSSR count). The van der Waals surface area contributed by atoms with Crippen molar-refractivity contribution in [3.05, 3.63) is 11.8 Å². The number of aliphatic hydroxyl groups is 1. The molecule has 3 nitrogen and oxygen atoms in total. The van der Waals surface area contributed by atoms with E-state index in [1.807, 2.05) is 6.92 Å². The first-order chi connectivity index (χ1) is 4.70. The highest BCUT2D eigenvalue weighted by Crippen LogP contribution is 2.01. The first kappa shape index (κ1) is 9.46. The van der Waals surface area contributed by atoms with Crippen LogP contribution >= 0.6 is 0 Å². The zero-order chi connectivity index (χ0) is 7.98. The Morgan fingerprint density at radius 1 is 1.70 bits per heavy atom. The number of allylic oxidation sites excluding steroid dienone is 1. The standard InChI is InChI=1S/C7H16N2O/c1-2-6(9)5-7(10)3-4-8/h2,7,10H,3-5,8-9H2,1H3/b6-2-. The average molecular weight is 144 g/mol. The Morgan fingerprint density at radius 3 is 2.70 bits per heavy atom. The third-order valence-electron chi connectivity index (χ3n) is 1.34. The molecule has 0 spiro atoms. The Labute approximate surface area is 61.7 Å². The molecule has 0 bridgehead atoms. The molecule has 5 N–H and O–H groups in total. The summed E-state index contributed by atoms with van der Waals surface area (Å²) in [7, 11) is 0. The normalized spacial score (nSPS) is 15.3. The van der Waals surface area contributed by atoms with E-state index in [0.717, 1.165) is 5.70 Å². The van der Waals surface area contributed by atoms with E-state index in [1.165, 1.54) is 0 Å². The van der Waals surface area contributed by atoms with E-state index < -0.39 is 0 Å². The molecule has 0 saturated heterocycles. The van der Waals surface area contributed by atoms with E-state index in [9.17, 15) is 0 Å². The van der Waals surface area contributed by atoms with Crippen molar-refractivity contribution in [3.8, 4) is 0 Å². The molecule has 0 heterocycles. The number of aliphatic hydroxyl groups excluding tert-OH is 1.